The fourth-order valence-electron chi connectivity index (χ4n) is 2.00. The van der Waals surface area contributed by atoms with Gasteiger partial charge < -0.3 is 18.9 Å². The molecule has 0 saturated carbocycles. The van der Waals surface area contributed by atoms with Crippen molar-refractivity contribution in [3.8, 4) is 0 Å². The molecule has 0 aliphatic rings. The van der Waals surface area contributed by atoms with Crippen LogP contribution in [0.4, 0.5) is 0 Å². The predicted molar refractivity (Wildman–Crippen MR) is 190 cm³/mol. The molecule has 0 aliphatic carbocycles. The summed E-state index contributed by atoms with van der Waals surface area (Å²) in [6, 6.07) is 11.1. The van der Waals surface area contributed by atoms with Crippen molar-refractivity contribution in [2.24, 2.45) is 0 Å². The minimum absolute atomic E-state index is 1.38. The second-order valence-corrected chi connectivity index (χ2v) is 8.81. The first kappa shape index (κ1) is 41.8. The number of H-pyrrole nitrogens is 5. The number of nitrogens with zero attached hydrogens (tertiary/aromatic N) is 12. The fraction of sp³-hybridized carbons (Fsp3) is 0. The Kier molecular flexibility index (Phi) is 31.9. The summed E-state index contributed by atoms with van der Waals surface area (Å²) < 4.78 is 12.6. The number of oxazole rings is 1. The molecule has 0 bridgehead atoms. The van der Waals surface area contributed by atoms with Gasteiger partial charge in [0.1, 0.15) is 31.5 Å². The topological polar surface area (TPSA) is 260 Å². The van der Waals surface area contributed by atoms with Gasteiger partial charge in [-0.25, -0.2) is 29.3 Å². The molecule has 0 spiro atoms. The number of hydrogen-bond acceptors (Lipinski definition) is 16. The highest BCUT2D eigenvalue weighted by Gasteiger charge is 1.63. The molecule has 19 nitrogen and oxygen atoms in total. The Hall–Kier alpha value is -7.26. The van der Waals surface area contributed by atoms with Gasteiger partial charge in [-0.05, 0) is 47.9 Å². The Morgan fingerprint density at radius 1 is 0.510 bits per heavy atom. The summed E-state index contributed by atoms with van der Waals surface area (Å²) in [6.45, 7) is 0. The standard InChI is InChI=1S/C4H4N2.C4H5N.2C3H4N2.2C3H3NO.2C3H3NS.2C2H3N3/c1-2-5-4-6-3-1;1-2-4-5-3-1;1-2-5-3-4-1;1-2-4-5-3-1;1-2-5-3-4-1;1-2-4-5-3-1;1-2-5-3-4-1;1-2-4-5-3-1;1-3-2-5-4-1;1-2-4-5-3-1/h1-4H;1-5H;2*1-3H,(H,4,5);4*1-3H;2*1-2H,(H,3,4,5). The fourth-order valence-corrected chi connectivity index (χ4v) is 2.70. The summed E-state index contributed by atoms with van der Waals surface area (Å²) in [5.41, 5.74) is 1.79. The Bertz CT molecular complexity index is 1160. The van der Waals surface area contributed by atoms with Crippen LogP contribution in [0.2, 0.25) is 0 Å². The maximum Gasteiger partial charge on any atom is 0.180 e. The van der Waals surface area contributed by atoms with E-state index in [1.807, 2.05) is 47.4 Å². The third-order valence-corrected chi connectivity index (χ3v) is 4.88. The van der Waals surface area contributed by atoms with E-state index < -0.39 is 0 Å². The van der Waals surface area contributed by atoms with Crippen LogP contribution in [0.5, 0.6) is 0 Å². The highest BCUT2D eigenvalue weighted by molar-refractivity contribution is 7.07. The van der Waals surface area contributed by atoms with Gasteiger partial charge in [0, 0.05) is 78.9 Å². The van der Waals surface area contributed by atoms with Crippen molar-refractivity contribution in [3.05, 3.63) is 184 Å². The van der Waals surface area contributed by atoms with Crippen LogP contribution in [0.1, 0.15) is 0 Å². The van der Waals surface area contributed by atoms with Crippen LogP contribution in [-0.2, 0) is 0 Å². The average molecular weight is 730 g/mol. The van der Waals surface area contributed by atoms with Crippen molar-refractivity contribution >= 4 is 22.9 Å². The molecule has 0 saturated heterocycles. The Labute approximate surface area is 300 Å². The number of thiazole rings is 1. The van der Waals surface area contributed by atoms with Gasteiger partial charge in [-0.15, -0.1) is 16.4 Å². The Morgan fingerprint density at radius 3 is 1.63 bits per heavy atom. The minimum atomic E-state index is 1.38. The zero-order valence-corrected chi connectivity index (χ0v) is 28.5. The molecule has 0 aromatic carbocycles. The quantitative estimate of drug-likeness (QED) is 0.128. The lowest BCUT2D eigenvalue weighted by Gasteiger charge is -1.70. The zero-order valence-electron chi connectivity index (χ0n) is 26.8. The van der Waals surface area contributed by atoms with Gasteiger partial charge >= 0.3 is 0 Å². The van der Waals surface area contributed by atoms with E-state index in [2.05, 4.69) is 94.1 Å². The van der Waals surface area contributed by atoms with Crippen LogP contribution in [0.3, 0.4) is 0 Å². The van der Waals surface area contributed by atoms with Crippen molar-refractivity contribution in [1.82, 2.24) is 85.2 Å². The molecule has 0 fully saturated rings. The lowest BCUT2D eigenvalue weighted by Crippen LogP contribution is -1.66. The Morgan fingerprint density at radius 2 is 1.43 bits per heavy atom. The van der Waals surface area contributed by atoms with Crippen LogP contribution in [-0.4, -0.2) is 85.2 Å². The smallest absolute Gasteiger partial charge is 0.180 e. The van der Waals surface area contributed by atoms with E-state index in [1.54, 1.807) is 110 Å². The summed E-state index contributed by atoms with van der Waals surface area (Å²) in [4.78, 5) is 27.5. The summed E-state index contributed by atoms with van der Waals surface area (Å²) in [7, 11) is 0. The zero-order chi connectivity index (χ0) is 36.1. The molecule has 10 aromatic heterocycles. The maximum absolute atomic E-state index is 4.47. The summed E-state index contributed by atoms with van der Waals surface area (Å²) in [5.74, 6) is 0. The van der Waals surface area contributed by atoms with Gasteiger partial charge in [0.05, 0.1) is 30.4 Å². The number of aromatic nitrogens is 17. The van der Waals surface area contributed by atoms with E-state index in [-0.39, 0.29) is 0 Å². The lowest BCUT2D eigenvalue weighted by molar-refractivity contribution is 0.420. The number of nitrogens with one attached hydrogen (secondary N) is 5. The highest BCUT2D eigenvalue weighted by Crippen LogP contribution is 1.86. The van der Waals surface area contributed by atoms with Gasteiger partial charge in [-0.1, -0.05) is 10.4 Å². The van der Waals surface area contributed by atoms with Crippen molar-refractivity contribution in [2.45, 2.75) is 0 Å². The molecule has 0 unspecified atom stereocenters. The number of hydrogen-bond donors (Lipinski definition) is 5. The molecule has 10 heterocycles. The second kappa shape index (κ2) is 38.9. The first-order valence-corrected chi connectivity index (χ1v) is 15.8. The van der Waals surface area contributed by atoms with Crippen molar-refractivity contribution in [2.75, 3.05) is 0 Å². The van der Waals surface area contributed by atoms with Crippen molar-refractivity contribution < 1.29 is 8.94 Å². The third kappa shape index (κ3) is 37.1. The molecule has 0 aliphatic heterocycles. The average Bonchev–Trinajstić information content (AvgIpc) is 4.08. The molecule has 0 atom stereocenters. The molecule has 0 radical (unpaired) electrons. The summed E-state index contributed by atoms with van der Waals surface area (Å²) in [6.07, 6.45) is 34.5. The monoisotopic (exact) mass is 729 g/mol. The second-order valence-electron chi connectivity index (χ2n) is 7.36. The van der Waals surface area contributed by atoms with Crippen molar-refractivity contribution in [3.63, 3.8) is 0 Å². The number of aromatic amines is 5. The molecule has 10 rings (SSSR count). The molecule has 264 valence electrons. The predicted octanol–water partition coefficient (Wildman–Crippen LogP) is 5.56. The maximum atomic E-state index is 4.47. The largest absolute Gasteiger partial charge is 0.452 e. The van der Waals surface area contributed by atoms with E-state index in [1.165, 1.54) is 49.4 Å². The molecular weight excluding hydrogens is 695 g/mol. The van der Waals surface area contributed by atoms with Crippen LogP contribution in [0, 0.1) is 0 Å². The van der Waals surface area contributed by atoms with E-state index >= 15 is 0 Å². The summed E-state index contributed by atoms with van der Waals surface area (Å²) in [5, 5.41) is 28.7. The highest BCUT2D eigenvalue weighted by atomic mass is 32.1. The van der Waals surface area contributed by atoms with Crippen molar-refractivity contribution in [1.29, 1.82) is 0 Å². The summed E-state index contributed by atoms with van der Waals surface area (Å²) >= 11 is 3.06. The SMILES string of the molecule is c1c[nH]cn1.c1c[nH]nn1.c1cc[nH]c1.c1cn[nH]c1.c1cncnc1.c1cnoc1.c1cnsc1.c1cocn1.c1cscn1.c1nc[nH]n1. The molecule has 10 aromatic rings. The Balaban J connectivity index is 0.000000283. The van der Waals surface area contributed by atoms with E-state index in [4.69, 9.17) is 0 Å². The van der Waals surface area contributed by atoms with Crippen LogP contribution in [0.25, 0.3) is 0 Å². The molecule has 0 amide bonds. The van der Waals surface area contributed by atoms with E-state index in [0.717, 1.165) is 0 Å². The lowest BCUT2D eigenvalue weighted by atomic mass is 10.7. The van der Waals surface area contributed by atoms with Gasteiger partial charge in [0.2, 0.25) is 0 Å². The minimum Gasteiger partial charge on any atom is -0.452 e. The molecule has 5 N–H and O–H groups in total. The normalized spacial score (nSPS) is 8.00. The van der Waals surface area contributed by atoms with Gasteiger partial charge in [0.15, 0.2) is 6.39 Å². The van der Waals surface area contributed by atoms with Gasteiger partial charge in [0.25, 0.3) is 0 Å². The molecule has 21 heteroatoms. The molecule has 51 heavy (non-hydrogen) atoms. The van der Waals surface area contributed by atoms with Crippen LogP contribution >= 0.6 is 22.9 Å². The number of rotatable bonds is 0. The van der Waals surface area contributed by atoms with Crippen LogP contribution < -0.4 is 0 Å². The molecular formula is C30H35N17O2S2. The third-order valence-electron chi connectivity index (χ3n) is 3.84. The van der Waals surface area contributed by atoms with E-state index in [9.17, 15) is 0 Å². The first-order chi connectivity index (χ1) is 25.5. The van der Waals surface area contributed by atoms with Crippen LogP contribution in [0.15, 0.2) is 193 Å². The van der Waals surface area contributed by atoms with E-state index in [0.29, 0.717) is 0 Å². The number of imidazole rings is 1. The van der Waals surface area contributed by atoms with Gasteiger partial charge in [-0.2, -0.15) is 10.2 Å². The first-order valence-electron chi connectivity index (χ1n) is 14.1. The van der Waals surface area contributed by atoms with Gasteiger partial charge in [-0.3, -0.25) is 20.3 Å².